The highest BCUT2D eigenvalue weighted by Crippen LogP contribution is 2.25. The summed E-state index contributed by atoms with van der Waals surface area (Å²) in [6.07, 6.45) is 2.00. The number of nitrogens with one attached hydrogen (secondary N) is 1. The van der Waals surface area contributed by atoms with Gasteiger partial charge in [0, 0.05) is 12.6 Å². The van der Waals surface area contributed by atoms with E-state index in [1.54, 1.807) is 11.8 Å². The number of carbonyl (C=O) groups excluding carboxylic acids is 1. The van der Waals surface area contributed by atoms with E-state index in [-0.39, 0.29) is 17.4 Å². The van der Waals surface area contributed by atoms with Gasteiger partial charge < -0.3 is 14.8 Å². The molecule has 0 aromatic carbocycles. The molecule has 0 bridgehead atoms. The third kappa shape index (κ3) is 2.79. The van der Waals surface area contributed by atoms with Crippen molar-refractivity contribution in [3.05, 3.63) is 27.4 Å². The average molecular weight is 304 g/mol. The van der Waals surface area contributed by atoms with Crippen LogP contribution in [0.25, 0.3) is 0 Å². The summed E-state index contributed by atoms with van der Waals surface area (Å²) in [5, 5.41) is 0. The molecule has 1 atom stereocenters. The molecule has 1 aromatic rings. The monoisotopic (exact) mass is 304 g/mol. The summed E-state index contributed by atoms with van der Waals surface area (Å²) >= 11 is 0. The summed E-state index contributed by atoms with van der Waals surface area (Å²) in [5.41, 5.74) is 1.30. The van der Waals surface area contributed by atoms with Gasteiger partial charge in [-0.25, -0.2) is 4.98 Å². The molecule has 0 radical (unpaired) electrons. The zero-order chi connectivity index (χ0) is 15.9. The van der Waals surface area contributed by atoms with Gasteiger partial charge in [0.25, 0.3) is 5.56 Å². The Bertz CT molecular complexity index is 638. The Morgan fingerprint density at radius 1 is 1.36 bits per heavy atom. The predicted molar refractivity (Wildman–Crippen MR) is 83.3 cm³/mol. The zero-order valence-electron chi connectivity index (χ0n) is 13.6. The Kier molecular flexibility index (Phi) is 4.04. The van der Waals surface area contributed by atoms with Crippen LogP contribution in [0.4, 0.5) is 0 Å². The van der Waals surface area contributed by atoms with Gasteiger partial charge in [-0.2, -0.15) is 0 Å². The maximum Gasteiger partial charge on any atom is 0.256 e. The van der Waals surface area contributed by atoms with Gasteiger partial charge in [0.15, 0.2) is 0 Å². The Hall–Kier alpha value is -1.69. The zero-order valence-corrected chi connectivity index (χ0v) is 13.6. The lowest BCUT2D eigenvalue weighted by Crippen LogP contribution is -2.45. The highest BCUT2D eigenvalue weighted by Gasteiger charge is 2.34. The number of hydrogen-bond donors (Lipinski definition) is 1. The molecule has 2 aliphatic rings. The molecule has 6 heteroatoms. The Balaban J connectivity index is 1.72. The summed E-state index contributed by atoms with van der Waals surface area (Å²) in [4.78, 5) is 36.0. The SMILES string of the molecule is Cc1nc2c(c(=O)[nH]1)CN(C(=O)C1CCCN(C(C)C)C1)C2. The Morgan fingerprint density at radius 2 is 2.14 bits per heavy atom. The highest BCUT2D eigenvalue weighted by atomic mass is 16.2. The lowest BCUT2D eigenvalue weighted by molar-refractivity contribution is -0.138. The van der Waals surface area contributed by atoms with Gasteiger partial charge >= 0.3 is 0 Å². The van der Waals surface area contributed by atoms with E-state index < -0.39 is 0 Å². The number of fused-ring (bicyclic) bond motifs is 1. The fraction of sp³-hybridized carbons (Fsp3) is 0.688. The lowest BCUT2D eigenvalue weighted by atomic mass is 9.95. The minimum absolute atomic E-state index is 0.0469. The minimum atomic E-state index is -0.106. The number of hydrogen-bond acceptors (Lipinski definition) is 4. The molecule has 22 heavy (non-hydrogen) atoms. The van der Waals surface area contributed by atoms with Crippen LogP contribution in [0.5, 0.6) is 0 Å². The number of piperidine rings is 1. The second-order valence-electron chi connectivity index (χ2n) is 6.70. The van der Waals surface area contributed by atoms with E-state index in [1.807, 2.05) is 0 Å². The van der Waals surface area contributed by atoms with Gasteiger partial charge in [-0.05, 0) is 40.2 Å². The molecule has 1 N–H and O–H groups in total. The van der Waals surface area contributed by atoms with Crippen LogP contribution in [-0.2, 0) is 17.9 Å². The predicted octanol–water partition coefficient (Wildman–Crippen LogP) is 1.04. The molecule has 1 saturated heterocycles. The number of amides is 1. The maximum absolute atomic E-state index is 12.8. The molecule has 1 fully saturated rings. The minimum Gasteiger partial charge on any atom is -0.332 e. The standard InChI is InChI=1S/C16H24N4O2/c1-10(2)19-6-4-5-12(7-19)16(22)20-8-13-14(9-20)17-11(3)18-15(13)21/h10,12H,4-9H2,1-3H3,(H,17,18,21). The highest BCUT2D eigenvalue weighted by molar-refractivity contribution is 5.79. The van der Waals surface area contributed by atoms with E-state index in [2.05, 4.69) is 28.7 Å². The van der Waals surface area contributed by atoms with Crippen molar-refractivity contribution < 1.29 is 4.79 Å². The molecule has 3 rings (SSSR count). The van der Waals surface area contributed by atoms with Gasteiger partial charge in [-0.15, -0.1) is 0 Å². The van der Waals surface area contributed by atoms with E-state index in [9.17, 15) is 9.59 Å². The molecular formula is C16H24N4O2. The van der Waals surface area contributed by atoms with Crippen LogP contribution in [0.2, 0.25) is 0 Å². The normalized spacial score (nSPS) is 22.2. The number of carbonyl (C=O) groups is 1. The molecule has 0 spiro atoms. The smallest absolute Gasteiger partial charge is 0.256 e. The molecule has 0 aliphatic carbocycles. The third-order valence-corrected chi connectivity index (χ3v) is 4.75. The summed E-state index contributed by atoms with van der Waals surface area (Å²) in [7, 11) is 0. The van der Waals surface area contributed by atoms with Gasteiger partial charge in [-0.3, -0.25) is 9.59 Å². The second kappa shape index (κ2) is 5.83. The van der Waals surface area contributed by atoms with Gasteiger partial charge in [0.1, 0.15) is 5.82 Å². The molecule has 6 nitrogen and oxygen atoms in total. The number of likely N-dealkylation sites (tertiary alicyclic amines) is 1. The largest absolute Gasteiger partial charge is 0.332 e. The molecule has 3 heterocycles. The van der Waals surface area contributed by atoms with Crippen molar-refractivity contribution in [2.45, 2.75) is 52.7 Å². The van der Waals surface area contributed by atoms with E-state index in [0.29, 0.717) is 30.5 Å². The third-order valence-electron chi connectivity index (χ3n) is 4.75. The molecule has 2 aliphatic heterocycles. The van der Waals surface area contributed by atoms with Crippen LogP contribution in [0.3, 0.4) is 0 Å². The molecule has 1 aromatic heterocycles. The number of H-pyrrole nitrogens is 1. The van der Waals surface area contributed by atoms with Crippen LogP contribution in [0.15, 0.2) is 4.79 Å². The Morgan fingerprint density at radius 3 is 2.86 bits per heavy atom. The number of aromatic nitrogens is 2. The number of aromatic amines is 1. The first kappa shape index (κ1) is 15.2. The number of rotatable bonds is 2. The molecule has 1 amide bonds. The molecule has 0 saturated carbocycles. The van der Waals surface area contributed by atoms with Crippen molar-refractivity contribution in [2.75, 3.05) is 13.1 Å². The summed E-state index contributed by atoms with van der Waals surface area (Å²) < 4.78 is 0. The van der Waals surface area contributed by atoms with Crippen molar-refractivity contribution in [1.82, 2.24) is 19.8 Å². The first-order valence-electron chi connectivity index (χ1n) is 8.07. The van der Waals surface area contributed by atoms with Crippen molar-refractivity contribution in [1.29, 1.82) is 0 Å². The first-order valence-corrected chi connectivity index (χ1v) is 8.07. The van der Waals surface area contributed by atoms with E-state index >= 15 is 0 Å². The van der Waals surface area contributed by atoms with Crippen LogP contribution < -0.4 is 5.56 Å². The lowest BCUT2D eigenvalue weighted by Gasteiger charge is -2.36. The average Bonchev–Trinajstić information content (AvgIpc) is 2.90. The van der Waals surface area contributed by atoms with Crippen LogP contribution in [-0.4, -0.2) is 44.8 Å². The van der Waals surface area contributed by atoms with Crippen molar-refractivity contribution in [3.63, 3.8) is 0 Å². The van der Waals surface area contributed by atoms with E-state index in [1.165, 1.54) is 0 Å². The quantitative estimate of drug-likeness (QED) is 0.886. The first-order chi connectivity index (χ1) is 10.5. The second-order valence-corrected chi connectivity index (χ2v) is 6.70. The van der Waals surface area contributed by atoms with Gasteiger partial charge in [0.2, 0.25) is 5.91 Å². The van der Waals surface area contributed by atoms with Crippen LogP contribution in [0.1, 0.15) is 43.8 Å². The van der Waals surface area contributed by atoms with Crippen molar-refractivity contribution in [3.8, 4) is 0 Å². The van der Waals surface area contributed by atoms with Gasteiger partial charge in [0.05, 0.1) is 30.3 Å². The van der Waals surface area contributed by atoms with Crippen LogP contribution in [0, 0.1) is 12.8 Å². The van der Waals surface area contributed by atoms with Crippen molar-refractivity contribution in [2.24, 2.45) is 5.92 Å². The fourth-order valence-electron chi connectivity index (χ4n) is 3.48. The summed E-state index contributed by atoms with van der Waals surface area (Å²) in [5.74, 6) is 0.827. The molecule has 1 unspecified atom stereocenters. The summed E-state index contributed by atoms with van der Waals surface area (Å²) in [6, 6.07) is 0.471. The molecular weight excluding hydrogens is 280 g/mol. The number of nitrogens with zero attached hydrogens (tertiary/aromatic N) is 3. The topological polar surface area (TPSA) is 69.3 Å². The van der Waals surface area contributed by atoms with Gasteiger partial charge in [-0.1, -0.05) is 0 Å². The maximum atomic E-state index is 12.8. The van der Waals surface area contributed by atoms with Crippen LogP contribution >= 0.6 is 0 Å². The summed E-state index contributed by atoms with van der Waals surface area (Å²) in [6.45, 7) is 8.88. The van der Waals surface area contributed by atoms with Crippen molar-refractivity contribution >= 4 is 5.91 Å². The number of aryl methyl sites for hydroxylation is 1. The van der Waals surface area contributed by atoms with E-state index in [4.69, 9.17) is 0 Å². The Labute approximate surface area is 130 Å². The fourth-order valence-corrected chi connectivity index (χ4v) is 3.48. The van der Waals surface area contributed by atoms with E-state index in [0.717, 1.165) is 31.6 Å². The molecule has 120 valence electrons.